The van der Waals surface area contributed by atoms with Gasteiger partial charge in [-0.2, -0.15) is 0 Å². The van der Waals surface area contributed by atoms with Gasteiger partial charge in [-0.15, -0.1) is 0 Å². The van der Waals surface area contributed by atoms with E-state index in [4.69, 9.17) is 0 Å². The van der Waals surface area contributed by atoms with E-state index < -0.39 is 0 Å². The average Bonchev–Trinajstić information content (AvgIpc) is 2.54. The molecule has 1 heterocycles. The van der Waals surface area contributed by atoms with Crippen LogP contribution in [0.5, 0.6) is 0 Å². The van der Waals surface area contributed by atoms with E-state index in [-0.39, 0.29) is 0 Å². The van der Waals surface area contributed by atoms with E-state index in [1.165, 1.54) is 63.4 Å². The van der Waals surface area contributed by atoms with Crippen molar-refractivity contribution in [2.75, 3.05) is 7.11 Å². The summed E-state index contributed by atoms with van der Waals surface area (Å²) in [5.74, 6) is 0.721. The second-order valence-electron chi connectivity index (χ2n) is 6.19. The molecule has 124 valence electrons. The monoisotopic (exact) mass is 304 g/mol. The molecular weight excluding hydrogens is 272 g/mol. The molecule has 0 amide bonds. The van der Waals surface area contributed by atoms with Gasteiger partial charge in [0.05, 0.1) is 0 Å². The Hall–Kier alpha value is -1.38. The number of pyridine rings is 1. The van der Waals surface area contributed by atoms with E-state index in [1.54, 1.807) is 7.11 Å². The molecule has 3 heteroatoms. The zero-order valence-corrected chi connectivity index (χ0v) is 14.3. The van der Waals surface area contributed by atoms with Gasteiger partial charge in [-0.1, -0.05) is 63.1 Å². The zero-order chi connectivity index (χ0) is 15.9. The smallest absolute Gasteiger partial charge is 0.106 e. The normalized spacial score (nSPS) is 12.6. The minimum atomic E-state index is 0.721. The molecule has 1 rings (SSSR count). The van der Waals surface area contributed by atoms with Crippen LogP contribution in [0, 0.1) is 5.92 Å². The molecule has 0 N–H and O–H groups in total. The molecule has 0 aliphatic carbocycles. The van der Waals surface area contributed by atoms with E-state index in [1.807, 2.05) is 24.7 Å². The lowest BCUT2D eigenvalue weighted by Gasteiger charge is -2.07. The molecule has 0 saturated carbocycles. The van der Waals surface area contributed by atoms with Crippen LogP contribution in [0.1, 0.15) is 70.3 Å². The first-order chi connectivity index (χ1) is 10.8. The molecule has 0 spiro atoms. The summed E-state index contributed by atoms with van der Waals surface area (Å²) in [6.45, 7) is 2.29. The molecule has 0 aliphatic rings. The van der Waals surface area contributed by atoms with Gasteiger partial charge in [-0.05, 0) is 36.8 Å². The molecule has 3 nitrogen and oxygen atoms in total. The van der Waals surface area contributed by atoms with Gasteiger partial charge in [0.1, 0.15) is 7.11 Å². The molecule has 1 aromatic heterocycles. The number of hydrogen-bond donors (Lipinski definition) is 0. The second kappa shape index (κ2) is 13.3. The third kappa shape index (κ3) is 10.4. The Kier molecular flexibility index (Phi) is 11.3. The van der Waals surface area contributed by atoms with Gasteiger partial charge in [-0.3, -0.25) is 4.98 Å². The summed E-state index contributed by atoms with van der Waals surface area (Å²) in [5.41, 5.74) is 1.37. The van der Waals surface area contributed by atoms with Crippen molar-refractivity contribution in [1.29, 1.82) is 0 Å². The zero-order valence-electron chi connectivity index (χ0n) is 14.3. The lowest BCUT2D eigenvalue weighted by molar-refractivity contribution is 0.214. The van der Waals surface area contributed by atoms with Crippen molar-refractivity contribution in [3.05, 3.63) is 30.1 Å². The minimum absolute atomic E-state index is 0.721. The molecule has 0 fully saturated rings. The van der Waals surface area contributed by atoms with Crippen molar-refractivity contribution in [3.8, 4) is 0 Å². The van der Waals surface area contributed by atoms with E-state index in [0.717, 1.165) is 12.3 Å². The van der Waals surface area contributed by atoms with Crippen LogP contribution in [0.4, 0.5) is 0 Å². The SMILES string of the molecule is CO/N=C/C[C@@H](C)CCCCCCCCCc1cccnc1. The standard InChI is InChI=1S/C19H32N2O/c1-18(14-16-21-22-2)11-8-6-4-3-5-7-9-12-19-13-10-15-20-17-19/h10,13,15-18H,3-9,11-12,14H2,1-2H3/b21-16+/t18-/m0/s1. The van der Waals surface area contributed by atoms with Gasteiger partial charge in [0.25, 0.3) is 0 Å². The Morgan fingerprint density at radius 1 is 1.14 bits per heavy atom. The molecule has 0 unspecified atom stereocenters. The predicted molar refractivity (Wildman–Crippen MR) is 94.2 cm³/mol. The van der Waals surface area contributed by atoms with Crippen LogP contribution < -0.4 is 0 Å². The Bertz CT molecular complexity index is 378. The molecule has 1 atom stereocenters. The maximum Gasteiger partial charge on any atom is 0.106 e. The number of oxime groups is 1. The molecule has 0 radical (unpaired) electrons. The van der Waals surface area contributed by atoms with Crippen LogP contribution in [-0.4, -0.2) is 18.3 Å². The first kappa shape index (κ1) is 18.7. The summed E-state index contributed by atoms with van der Waals surface area (Å²) in [4.78, 5) is 8.83. The summed E-state index contributed by atoms with van der Waals surface area (Å²) in [7, 11) is 1.60. The summed E-state index contributed by atoms with van der Waals surface area (Å²) >= 11 is 0. The molecule has 22 heavy (non-hydrogen) atoms. The topological polar surface area (TPSA) is 34.5 Å². The Morgan fingerprint density at radius 3 is 2.55 bits per heavy atom. The Labute approximate surface area is 136 Å². The maximum atomic E-state index is 4.68. The lowest BCUT2D eigenvalue weighted by Crippen LogP contribution is -1.95. The summed E-state index contributed by atoms with van der Waals surface area (Å²) in [6, 6.07) is 4.20. The number of aromatic nitrogens is 1. The van der Waals surface area contributed by atoms with Crippen LogP contribution in [0.25, 0.3) is 0 Å². The van der Waals surface area contributed by atoms with Gasteiger partial charge in [0.2, 0.25) is 0 Å². The molecule has 0 saturated heterocycles. The quantitative estimate of drug-likeness (QED) is 0.278. The highest BCUT2D eigenvalue weighted by Crippen LogP contribution is 2.14. The van der Waals surface area contributed by atoms with Crippen molar-refractivity contribution < 1.29 is 4.84 Å². The van der Waals surface area contributed by atoms with Crippen LogP contribution in [0.3, 0.4) is 0 Å². The van der Waals surface area contributed by atoms with Gasteiger partial charge in [-0.25, -0.2) is 0 Å². The minimum Gasteiger partial charge on any atom is -0.399 e. The van der Waals surface area contributed by atoms with Gasteiger partial charge in [0, 0.05) is 18.6 Å². The Balaban J connectivity index is 1.84. The average molecular weight is 304 g/mol. The molecule has 1 aromatic rings. The molecular formula is C19H32N2O. The van der Waals surface area contributed by atoms with Crippen molar-refractivity contribution in [3.63, 3.8) is 0 Å². The van der Waals surface area contributed by atoms with E-state index in [0.29, 0.717) is 0 Å². The number of aryl methyl sites for hydroxylation is 1. The van der Waals surface area contributed by atoms with Crippen molar-refractivity contribution >= 4 is 6.21 Å². The van der Waals surface area contributed by atoms with E-state index in [9.17, 15) is 0 Å². The number of nitrogens with zero attached hydrogens (tertiary/aromatic N) is 2. The highest BCUT2D eigenvalue weighted by Gasteiger charge is 2.00. The van der Waals surface area contributed by atoms with E-state index >= 15 is 0 Å². The van der Waals surface area contributed by atoms with Gasteiger partial charge < -0.3 is 4.84 Å². The van der Waals surface area contributed by atoms with E-state index in [2.05, 4.69) is 28.0 Å². The lowest BCUT2D eigenvalue weighted by atomic mass is 9.99. The first-order valence-electron chi connectivity index (χ1n) is 8.77. The fraction of sp³-hybridized carbons (Fsp3) is 0.684. The molecule has 0 bridgehead atoms. The summed E-state index contributed by atoms with van der Waals surface area (Å²) in [6.07, 6.45) is 18.7. The number of hydrogen-bond acceptors (Lipinski definition) is 3. The molecule has 0 aliphatic heterocycles. The van der Waals surface area contributed by atoms with Crippen LogP contribution in [0.2, 0.25) is 0 Å². The third-order valence-electron chi connectivity index (χ3n) is 4.07. The number of rotatable bonds is 13. The maximum absolute atomic E-state index is 4.68. The van der Waals surface area contributed by atoms with Crippen LogP contribution in [-0.2, 0) is 11.3 Å². The highest BCUT2D eigenvalue weighted by atomic mass is 16.6. The third-order valence-corrected chi connectivity index (χ3v) is 4.07. The van der Waals surface area contributed by atoms with Crippen LogP contribution in [0.15, 0.2) is 29.7 Å². The fourth-order valence-electron chi connectivity index (χ4n) is 2.67. The summed E-state index contributed by atoms with van der Waals surface area (Å²) in [5, 5.41) is 3.79. The first-order valence-corrected chi connectivity index (χ1v) is 8.77. The van der Waals surface area contributed by atoms with Crippen LogP contribution >= 0.6 is 0 Å². The molecule has 0 aromatic carbocycles. The second-order valence-corrected chi connectivity index (χ2v) is 6.19. The predicted octanol–water partition coefficient (Wildman–Crippen LogP) is 5.40. The summed E-state index contributed by atoms with van der Waals surface area (Å²) < 4.78 is 0. The van der Waals surface area contributed by atoms with Crippen molar-refractivity contribution in [1.82, 2.24) is 4.98 Å². The fourth-order valence-corrected chi connectivity index (χ4v) is 2.67. The largest absolute Gasteiger partial charge is 0.399 e. The van der Waals surface area contributed by atoms with Gasteiger partial charge in [0.15, 0.2) is 0 Å². The van der Waals surface area contributed by atoms with Crippen molar-refractivity contribution in [2.24, 2.45) is 11.1 Å². The van der Waals surface area contributed by atoms with Crippen molar-refractivity contribution in [2.45, 2.75) is 71.1 Å². The van der Waals surface area contributed by atoms with Gasteiger partial charge >= 0.3 is 0 Å². The highest BCUT2D eigenvalue weighted by molar-refractivity contribution is 5.56. The number of unbranched alkanes of at least 4 members (excludes halogenated alkanes) is 6. The Morgan fingerprint density at radius 2 is 1.86 bits per heavy atom.